The van der Waals surface area contributed by atoms with E-state index in [1.165, 1.54) is 6.92 Å². The van der Waals surface area contributed by atoms with Gasteiger partial charge >= 0.3 is 5.97 Å². The molecule has 0 aliphatic heterocycles. The lowest BCUT2D eigenvalue weighted by atomic mass is 10.2. The molecule has 0 radical (unpaired) electrons. The summed E-state index contributed by atoms with van der Waals surface area (Å²) >= 11 is 0. The van der Waals surface area contributed by atoms with E-state index in [2.05, 4.69) is 9.68 Å². The van der Waals surface area contributed by atoms with Crippen molar-refractivity contribution in [3.05, 3.63) is 17.0 Å². The van der Waals surface area contributed by atoms with E-state index in [1.807, 2.05) is 0 Å². The molecular weight excluding hydrogens is 150 g/mol. The number of aromatic nitrogens is 1. The Labute approximate surface area is 61.6 Å². The largest absolute Gasteiger partial charge is 0.477 e. The summed E-state index contributed by atoms with van der Waals surface area (Å²) in [6.07, 6.45) is 0.347. The Morgan fingerprint density at radius 3 is 2.73 bits per heavy atom. The van der Waals surface area contributed by atoms with E-state index in [1.54, 1.807) is 0 Å². The maximum absolute atomic E-state index is 10.4. The lowest BCUT2D eigenvalue weighted by Crippen LogP contribution is -2.00. The number of aromatic carboxylic acids is 1. The van der Waals surface area contributed by atoms with Crippen molar-refractivity contribution in [3.63, 3.8) is 0 Å². The Bertz CT molecular complexity index is 302. The van der Waals surface area contributed by atoms with Crippen molar-refractivity contribution >= 4 is 12.3 Å². The zero-order valence-corrected chi connectivity index (χ0v) is 5.70. The van der Waals surface area contributed by atoms with Crippen molar-refractivity contribution in [3.8, 4) is 0 Å². The number of aryl methyl sites for hydroxylation is 1. The average molecular weight is 155 g/mol. The van der Waals surface area contributed by atoms with Gasteiger partial charge in [0.25, 0.3) is 0 Å². The molecule has 5 nitrogen and oxygen atoms in total. The highest BCUT2D eigenvalue weighted by atomic mass is 16.5. The molecule has 0 saturated heterocycles. The third-order valence-corrected chi connectivity index (χ3v) is 1.21. The minimum Gasteiger partial charge on any atom is -0.477 e. The van der Waals surface area contributed by atoms with Crippen molar-refractivity contribution in [2.24, 2.45) is 0 Å². The summed E-state index contributed by atoms with van der Waals surface area (Å²) in [5, 5.41) is 11.7. The molecule has 58 valence electrons. The fraction of sp³-hybridized carbons (Fsp3) is 0.167. The summed E-state index contributed by atoms with van der Waals surface area (Å²) in [7, 11) is 0. The second-order valence-corrected chi connectivity index (χ2v) is 1.92. The number of carboxylic acids is 1. The molecule has 0 unspecified atom stereocenters. The fourth-order valence-electron chi connectivity index (χ4n) is 0.730. The van der Waals surface area contributed by atoms with Gasteiger partial charge in [0.15, 0.2) is 12.0 Å². The number of hydrogen-bond acceptors (Lipinski definition) is 4. The lowest BCUT2D eigenvalue weighted by molar-refractivity contribution is 0.0692. The fourth-order valence-corrected chi connectivity index (χ4v) is 0.730. The number of nitrogens with zero attached hydrogens (tertiary/aromatic N) is 1. The van der Waals surface area contributed by atoms with Crippen molar-refractivity contribution in [1.82, 2.24) is 5.16 Å². The van der Waals surface area contributed by atoms with Crippen molar-refractivity contribution in [2.75, 3.05) is 0 Å². The summed E-state index contributed by atoms with van der Waals surface area (Å²) in [4.78, 5) is 20.6. The van der Waals surface area contributed by atoms with Crippen LogP contribution < -0.4 is 0 Å². The molecule has 1 aromatic heterocycles. The Morgan fingerprint density at radius 1 is 1.73 bits per heavy atom. The Hall–Kier alpha value is -1.65. The zero-order valence-electron chi connectivity index (χ0n) is 5.70. The highest BCUT2D eigenvalue weighted by Crippen LogP contribution is 2.10. The van der Waals surface area contributed by atoms with Crippen LogP contribution in [0.25, 0.3) is 0 Å². The Balaban J connectivity index is 3.28. The van der Waals surface area contributed by atoms with Crippen LogP contribution in [0.5, 0.6) is 0 Å². The van der Waals surface area contributed by atoms with Crippen LogP contribution in [0.4, 0.5) is 0 Å². The van der Waals surface area contributed by atoms with Gasteiger partial charge in [-0.15, -0.1) is 0 Å². The maximum Gasteiger partial charge on any atom is 0.341 e. The van der Waals surface area contributed by atoms with Crippen LogP contribution in [-0.2, 0) is 0 Å². The quantitative estimate of drug-likeness (QED) is 0.628. The van der Waals surface area contributed by atoms with E-state index in [0.717, 1.165) is 0 Å². The third-order valence-electron chi connectivity index (χ3n) is 1.21. The smallest absolute Gasteiger partial charge is 0.341 e. The standard InChI is InChI=1S/C6H5NO4/c1-3-5(6(9)10)4(2-8)7-11-3/h2H,1H3,(H,9,10). The number of aldehydes is 1. The average Bonchev–Trinajstić information content (AvgIpc) is 2.30. The number of carboxylic acid groups (broad SMARTS) is 1. The number of rotatable bonds is 2. The molecule has 1 N–H and O–H groups in total. The van der Waals surface area contributed by atoms with Gasteiger partial charge in [0, 0.05) is 0 Å². The molecule has 0 amide bonds. The molecule has 5 heteroatoms. The number of hydrogen-bond donors (Lipinski definition) is 1. The molecule has 1 aromatic rings. The molecule has 11 heavy (non-hydrogen) atoms. The first-order valence-corrected chi connectivity index (χ1v) is 2.81. The van der Waals surface area contributed by atoms with E-state index in [4.69, 9.17) is 5.11 Å². The molecule has 1 rings (SSSR count). The van der Waals surface area contributed by atoms with Gasteiger partial charge in [0.05, 0.1) is 0 Å². The van der Waals surface area contributed by atoms with Crippen LogP contribution >= 0.6 is 0 Å². The van der Waals surface area contributed by atoms with E-state index >= 15 is 0 Å². The van der Waals surface area contributed by atoms with Crippen LogP contribution in [0.3, 0.4) is 0 Å². The molecule has 0 aliphatic carbocycles. The first kappa shape index (κ1) is 7.46. The molecule has 0 saturated carbocycles. The van der Waals surface area contributed by atoms with Gasteiger partial charge in [-0.1, -0.05) is 5.16 Å². The first-order chi connectivity index (χ1) is 5.16. The van der Waals surface area contributed by atoms with Crippen LogP contribution in [0.15, 0.2) is 4.52 Å². The minimum atomic E-state index is -1.20. The molecule has 0 aliphatic rings. The predicted molar refractivity (Wildman–Crippen MR) is 33.6 cm³/mol. The highest BCUT2D eigenvalue weighted by Gasteiger charge is 2.18. The van der Waals surface area contributed by atoms with E-state index < -0.39 is 5.97 Å². The summed E-state index contributed by atoms with van der Waals surface area (Å²) in [5.41, 5.74) is -0.338. The van der Waals surface area contributed by atoms with Crippen LogP contribution in [0, 0.1) is 6.92 Å². The highest BCUT2D eigenvalue weighted by molar-refractivity contribution is 5.96. The van der Waals surface area contributed by atoms with Gasteiger partial charge in [-0.3, -0.25) is 4.79 Å². The molecule has 0 spiro atoms. The maximum atomic E-state index is 10.4. The SMILES string of the molecule is Cc1onc(C=O)c1C(=O)O. The summed E-state index contributed by atoms with van der Waals surface area (Å²) in [6, 6.07) is 0. The van der Waals surface area contributed by atoms with Gasteiger partial charge < -0.3 is 9.63 Å². The third kappa shape index (κ3) is 1.12. The molecular formula is C6H5NO4. The summed E-state index contributed by atoms with van der Waals surface area (Å²) < 4.78 is 4.49. The van der Waals surface area contributed by atoms with Crippen LogP contribution in [0.1, 0.15) is 26.6 Å². The van der Waals surface area contributed by atoms with Gasteiger partial charge in [0.2, 0.25) is 0 Å². The first-order valence-electron chi connectivity index (χ1n) is 2.81. The van der Waals surface area contributed by atoms with Crippen LogP contribution in [-0.4, -0.2) is 22.5 Å². The minimum absolute atomic E-state index is 0.139. The number of carbonyl (C=O) groups excluding carboxylic acids is 1. The summed E-state index contributed by atoms with van der Waals surface area (Å²) in [5.74, 6) is -1.06. The van der Waals surface area contributed by atoms with Gasteiger partial charge in [-0.2, -0.15) is 0 Å². The van der Waals surface area contributed by atoms with Gasteiger partial charge in [0.1, 0.15) is 11.3 Å². The second-order valence-electron chi connectivity index (χ2n) is 1.92. The van der Waals surface area contributed by atoms with Gasteiger partial charge in [-0.25, -0.2) is 4.79 Å². The lowest BCUT2D eigenvalue weighted by Gasteiger charge is -1.86. The molecule has 1 heterocycles. The molecule has 0 atom stereocenters. The van der Waals surface area contributed by atoms with E-state index in [-0.39, 0.29) is 17.0 Å². The van der Waals surface area contributed by atoms with Crippen molar-refractivity contribution in [2.45, 2.75) is 6.92 Å². The van der Waals surface area contributed by atoms with Gasteiger partial charge in [-0.05, 0) is 6.92 Å². The summed E-state index contributed by atoms with van der Waals surface area (Å²) in [6.45, 7) is 1.43. The van der Waals surface area contributed by atoms with Crippen molar-refractivity contribution < 1.29 is 19.2 Å². The predicted octanol–water partition coefficient (Wildman–Crippen LogP) is 0.494. The zero-order chi connectivity index (χ0) is 8.43. The normalized spacial score (nSPS) is 9.55. The second kappa shape index (κ2) is 2.53. The topological polar surface area (TPSA) is 80.4 Å². The van der Waals surface area contributed by atoms with E-state index in [0.29, 0.717) is 6.29 Å². The van der Waals surface area contributed by atoms with Crippen LogP contribution in [0.2, 0.25) is 0 Å². The Kier molecular flexibility index (Phi) is 1.72. The molecule has 0 aromatic carbocycles. The number of carbonyl (C=O) groups is 2. The van der Waals surface area contributed by atoms with Crippen molar-refractivity contribution in [1.29, 1.82) is 0 Å². The van der Waals surface area contributed by atoms with E-state index in [9.17, 15) is 9.59 Å². The Morgan fingerprint density at radius 2 is 2.36 bits per heavy atom. The monoisotopic (exact) mass is 155 g/mol. The molecule has 0 fully saturated rings. The molecule has 0 bridgehead atoms.